The molecule has 0 spiro atoms. The zero-order chi connectivity index (χ0) is 16.3. The van der Waals surface area contributed by atoms with Gasteiger partial charge in [0.2, 0.25) is 0 Å². The molecule has 3 aliphatic rings. The summed E-state index contributed by atoms with van der Waals surface area (Å²) in [6, 6.07) is 0. The van der Waals surface area contributed by atoms with Crippen LogP contribution in [0.1, 0.15) is 71.1 Å². The molecule has 0 aromatic carbocycles. The fourth-order valence-corrected chi connectivity index (χ4v) is 5.59. The average Bonchev–Trinajstić information content (AvgIpc) is 2.83. The first-order chi connectivity index (χ1) is 11.1. The molecule has 0 heterocycles. The van der Waals surface area contributed by atoms with Gasteiger partial charge in [-0.05, 0) is 43.9 Å². The molecule has 0 amide bonds. The molecule has 4 nitrogen and oxygen atoms in total. The number of aliphatic hydroxyl groups is 1. The third kappa shape index (κ3) is 3.30. The molecule has 0 aromatic heterocycles. The van der Waals surface area contributed by atoms with E-state index in [4.69, 9.17) is 10.6 Å². The summed E-state index contributed by atoms with van der Waals surface area (Å²) in [5, 5.41) is 15.5. The molecule has 0 aliphatic heterocycles. The summed E-state index contributed by atoms with van der Waals surface area (Å²) in [6.45, 7) is 3.23. The molecule has 132 valence electrons. The van der Waals surface area contributed by atoms with Crippen LogP contribution < -0.4 is 5.73 Å². The number of rotatable bonds is 5. The molecule has 3 N–H and O–H groups in total. The fourth-order valence-electron chi connectivity index (χ4n) is 5.59. The molecular formula is C19H34N2O2. The summed E-state index contributed by atoms with van der Waals surface area (Å²) in [5.74, 6) is 1.92. The van der Waals surface area contributed by atoms with Crippen molar-refractivity contribution in [2.75, 3.05) is 13.2 Å². The Bertz CT molecular complexity index is 422. The van der Waals surface area contributed by atoms with Gasteiger partial charge >= 0.3 is 0 Å². The monoisotopic (exact) mass is 322 g/mol. The minimum atomic E-state index is -0.502. The van der Waals surface area contributed by atoms with Crippen molar-refractivity contribution in [3.8, 4) is 0 Å². The van der Waals surface area contributed by atoms with Crippen molar-refractivity contribution < 1.29 is 9.94 Å². The standard InChI is InChI=1S/C19H34N2O2/c1-18-9-7-16(15-5-3-2-4-6-15)13-19(18,22)10-8-17(18)14-21-23-12-11-20/h14-17,22H,2-13,20H2,1H3/t16-,17+,18+,19-/m0/s1. The van der Waals surface area contributed by atoms with Crippen LogP contribution in [0.25, 0.3) is 0 Å². The van der Waals surface area contributed by atoms with Gasteiger partial charge in [0.1, 0.15) is 6.61 Å². The number of fused-ring (bicyclic) bond motifs is 1. The van der Waals surface area contributed by atoms with Crippen molar-refractivity contribution in [2.45, 2.75) is 76.7 Å². The smallest absolute Gasteiger partial charge is 0.129 e. The van der Waals surface area contributed by atoms with E-state index in [9.17, 15) is 5.11 Å². The van der Waals surface area contributed by atoms with Gasteiger partial charge in [-0.1, -0.05) is 44.2 Å². The molecule has 4 heteroatoms. The molecule has 4 atom stereocenters. The lowest BCUT2D eigenvalue weighted by molar-refractivity contribution is -0.115. The van der Waals surface area contributed by atoms with Gasteiger partial charge in [-0.25, -0.2) is 0 Å². The third-order valence-corrected chi connectivity index (χ3v) is 7.23. The normalized spacial score (nSPS) is 42.0. The van der Waals surface area contributed by atoms with Crippen molar-refractivity contribution in [2.24, 2.45) is 34.1 Å². The SMILES string of the molecule is C[C@]12CC[C@H](C3CCCCC3)C[C@@]1(O)CC[C@@H]2C=NOCCN. The lowest BCUT2D eigenvalue weighted by Gasteiger charge is -2.50. The second-order valence-corrected chi connectivity index (χ2v) is 8.37. The van der Waals surface area contributed by atoms with Crippen LogP contribution in [-0.4, -0.2) is 30.1 Å². The van der Waals surface area contributed by atoms with E-state index in [1.165, 1.54) is 38.5 Å². The zero-order valence-corrected chi connectivity index (χ0v) is 14.7. The molecular weight excluding hydrogens is 288 g/mol. The van der Waals surface area contributed by atoms with E-state index < -0.39 is 5.60 Å². The molecule has 23 heavy (non-hydrogen) atoms. The molecule has 3 aliphatic carbocycles. The maximum atomic E-state index is 11.4. The summed E-state index contributed by atoms with van der Waals surface area (Å²) in [4.78, 5) is 5.18. The second-order valence-electron chi connectivity index (χ2n) is 8.37. The van der Waals surface area contributed by atoms with Crippen LogP contribution in [0.3, 0.4) is 0 Å². The molecule has 0 bridgehead atoms. The lowest BCUT2D eigenvalue weighted by atomic mass is 9.57. The predicted molar refractivity (Wildman–Crippen MR) is 93.2 cm³/mol. The van der Waals surface area contributed by atoms with Crippen LogP contribution in [0.4, 0.5) is 0 Å². The Hall–Kier alpha value is -0.610. The molecule has 0 unspecified atom stereocenters. The highest BCUT2D eigenvalue weighted by Gasteiger charge is 2.59. The van der Waals surface area contributed by atoms with Crippen LogP contribution in [0.5, 0.6) is 0 Å². The van der Waals surface area contributed by atoms with Crippen molar-refractivity contribution in [3.05, 3.63) is 0 Å². The minimum absolute atomic E-state index is 0.0340. The van der Waals surface area contributed by atoms with Crippen molar-refractivity contribution in [3.63, 3.8) is 0 Å². The van der Waals surface area contributed by atoms with Crippen LogP contribution in [-0.2, 0) is 4.84 Å². The molecule has 3 fully saturated rings. The van der Waals surface area contributed by atoms with Gasteiger partial charge in [0.15, 0.2) is 0 Å². The first kappa shape index (κ1) is 17.2. The number of oxime groups is 1. The van der Waals surface area contributed by atoms with E-state index >= 15 is 0 Å². The fraction of sp³-hybridized carbons (Fsp3) is 0.947. The quantitative estimate of drug-likeness (QED) is 0.462. The summed E-state index contributed by atoms with van der Waals surface area (Å²) in [6.07, 6.45) is 14.2. The largest absolute Gasteiger partial charge is 0.395 e. The molecule has 0 radical (unpaired) electrons. The topological polar surface area (TPSA) is 67.8 Å². The van der Waals surface area contributed by atoms with Crippen LogP contribution in [0.2, 0.25) is 0 Å². The highest BCUT2D eigenvalue weighted by Crippen LogP contribution is 2.60. The summed E-state index contributed by atoms with van der Waals surface area (Å²) < 4.78 is 0. The Labute approximate surface area is 140 Å². The maximum absolute atomic E-state index is 11.4. The van der Waals surface area contributed by atoms with Gasteiger partial charge in [-0.15, -0.1) is 0 Å². The number of hydrogen-bond acceptors (Lipinski definition) is 4. The van der Waals surface area contributed by atoms with Crippen LogP contribution >= 0.6 is 0 Å². The van der Waals surface area contributed by atoms with E-state index in [0.717, 1.165) is 37.5 Å². The Morgan fingerprint density at radius 1 is 1.13 bits per heavy atom. The predicted octanol–water partition coefficient (Wildman–Crippen LogP) is 3.48. The van der Waals surface area contributed by atoms with Gasteiger partial charge in [0.25, 0.3) is 0 Å². The Kier molecular flexibility index (Phi) is 5.32. The van der Waals surface area contributed by atoms with Crippen molar-refractivity contribution in [1.29, 1.82) is 0 Å². The van der Waals surface area contributed by atoms with Crippen LogP contribution in [0, 0.1) is 23.2 Å². The van der Waals surface area contributed by atoms with E-state index in [1.54, 1.807) is 0 Å². The van der Waals surface area contributed by atoms with Crippen molar-refractivity contribution >= 4 is 6.21 Å². The van der Waals surface area contributed by atoms with Gasteiger partial charge in [-0.3, -0.25) is 0 Å². The van der Waals surface area contributed by atoms with Crippen LogP contribution in [0.15, 0.2) is 5.16 Å². The maximum Gasteiger partial charge on any atom is 0.129 e. The van der Waals surface area contributed by atoms with E-state index in [2.05, 4.69) is 12.1 Å². The van der Waals surface area contributed by atoms with Gasteiger partial charge in [0, 0.05) is 24.1 Å². The molecule has 0 saturated heterocycles. The van der Waals surface area contributed by atoms with Gasteiger partial charge < -0.3 is 15.7 Å². The van der Waals surface area contributed by atoms with Crippen molar-refractivity contribution in [1.82, 2.24) is 0 Å². The Morgan fingerprint density at radius 3 is 2.65 bits per heavy atom. The van der Waals surface area contributed by atoms with E-state index in [0.29, 0.717) is 19.1 Å². The van der Waals surface area contributed by atoms with Gasteiger partial charge in [-0.2, -0.15) is 0 Å². The number of nitrogens with two attached hydrogens (primary N) is 1. The number of nitrogens with zero attached hydrogens (tertiary/aromatic N) is 1. The van der Waals surface area contributed by atoms with E-state index in [1.807, 2.05) is 6.21 Å². The lowest BCUT2D eigenvalue weighted by Crippen LogP contribution is -2.51. The Morgan fingerprint density at radius 2 is 1.91 bits per heavy atom. The second kappa shape index (κ2) is 7.10. The average molecular weight is 322 g/mol. The molecule has 3 rings (SSSR count). The number of hydrogen-bond donors (Lipinski definition) is 2. The first-order valence-corrected chi connectivity index (χ1v) is 9.67. The highest BCUT2D eigenvalue weighted by atomic mass is 16.6. The molecule has 0 aromatic rings. The van der Waals surface area contributed by atoms with E-state index in [-0.39, 0.29) is 5.41 Å². The van der Waals surface area contributed by atoms with Gasteiger partial charge in [0.05, 0.1) is 5.60 Å². The summed E-state index contributed by atoms with van der Waals surface area (Å²) >= 11 is 0. The summed E-state index contributed by atoms with van der Waals surface area (Å²) in [5.41, 5.74) is 4.89. The zero-order valence-electron chi connectivity index (χ0n) is 14.7. The third-order valence-electron chi connectivity index (χ3n) is 7.23. The summed E-state index contributed by atoms with van der Waals surface area (Å²) in [7, 11) is 0. The Balaban J connectivity index is 1.64. The highest BCUT2D eigenvalue weighted by molar-refractivity contribution is 5.62. The minimum Gasteiger partial charge on any atom is -0.395 e. The first-order valence-electron chi connectivity index (χ1n) is 9.67. The molecule has 3 saturated carbocycles.